The number of carbonyl (C=O) groups excluding carboxylic acids is 1. The SMILES string of the molecule is CCCNC(=O)N(CCC)C1CCNC1. The van der Waals surface area contributed by atoms with Crippen LogP contribution in [0.15, 0.2) is 0 Å². The maximum absolute atomic E-state index is 11.9. The van der Waals surface area contributed by atoms with Crippen molar-refractivity contribution >= 4 is 6.03 Å². The predicted octanol–water partition coefficient (Wildman–Crippen LogP) is 1.18. The summed E-state index contributed by atoms with van der Waals surface area (Å²) in [6.07, 6.45) is 3.10. The van der Waals surface area contributed by atoms with Crippen molar-refractivity contribution in [3.8, 4) is 0 Å². The van der Waals surface area contributed by atoms with Gasteiger partial charge in [-0.05, 0) is 25.8 Å². The number of nitrogens with one attached hydrogen (secondary N) is 2. The molecule has 2 N–H and O–H groups in total. The summed E-state index contributed by atoms with van der Waals surface area (Å²) in [6, 6.07) is 0.495. The first-order chi connectivity index (χ1) is 7.29. The van der Waals surface area contributed by atoms with E-state index in [1.807, 2.05) is 4.90 Å². The monoisotopic (exact) mass is 213 g/mol. The molecular formula is C11H23N3O. The quantitative estimate of drug-likeness (QED) is 0.720. The molecule has 15 heavy (non-hydrogen) atoms. The van der Waals surface area contributed by atoms with Crippen molar-refractivity contribution < 1.29 is 4.79 Å². The second-order valence-corrected chi connectivity index (χ2v) is 4.07. The lowest BCUT2D eigenvalue weighted by Crippen LogP contribution is -2.47. The summed E-state index contributed by atoms with van der Waals surface area (Å²) in [5.41, 5.74) is 0. The van der Waals surface area contributed by atoms with Crippen LogP contribution in [0.25, 0.3) is 0 Å². The Morgan fingerprint density at radius 1 is 1.47 bits per heavy atom. The largest absolute Gasteiger partial charge is 0.338 e. The standard InChI is InChI=1S/C11H23N3O/c1-3-6-13-11(15)14(8-4-2)10-5-7-12-9-10/h10,12H,3-9H2,1-2H3,(H,13,15). The van der Waals surface area contributed by atoms with E-state index in [0.29, 0.717) is 6.04 Å². The van der Waals surface area contributed by atoms with Gasteiger partial charge in [0.2, 0.25) is 0 Å². The summed E-state index contributed by atoms with van der Waals surface area (Å²) < 4.78 is 0. The number of carbonyl (C=O) groups is 1. The van der Waals surface area contributed by atoms with Crippen molar-refractivity contribution in [2.75, 3.05) is 26.2 Å². The molecule has 0 aromatic rings. The summed E-state index contributed by atoms with van der Waals surface area (Å²) in [5, 5.41) is 6.25. The van der Waals surface area contributed by atoms with Gasteiger partial charge in [-0.15, -0.1) is 0 Å². The van der Waals surface area contributed by atoms with E-state index in [1.165, 1.54) is 0 Å². The molecule has 1 saturated heterocycles. The van der Waals surface area contributed by atoms with Crippen molar-refractivity contribution in [1.82, 2.24) is 15.5 Å². The van der Waals surface area contributed by atoms with Gasteiger partial charge in [0.05, 0.1) is 0 Å². The van der Waals surface area contributed by atoms with Crippen LogP contribution >= 0.6 is 0 Å². The van der Waals surface area contributed by atoms with Gasteiger partial charge in [0.1, 0.15) is 0 Å². The highest BCUT2D eigenvalue weighted by Gasteiger charge is 2.25. The molecule has 1 fully saturated rings. The molecule has 0 saturated carbocycles. The van der Waals surface area contributed by atoms with Gasteiger partial charge in [0, 0.05) is 25.7 Å². The summed E-state index contributed by atoms with van der Waals surface area (Å²) in [6.45, 7) is 7.80. The van der Waals surface area contributed by atoms with E-state index >= 15 is 0 Å². The van der Waals surface area contributed by atoms with Crippen LogP contribution in [-0.2, 0) is 0 Å². The molecule has 1 rings (SSSR count). The maximum Gasteiger partial charge on any atom is 0.317 e. The first kappa shape index (κ1) is 12.3. The lowest BCUT2D eigenvalue weighted by molar-refractivity contribution is 0.178. The van der Waals surface area contributed by atoms with Gasteiger partial charge in [0.25, 0.3) is 0 Å². The fourth-order valence-corrected chi connectivity index (χ4v) is 1.93. The first-order valence-corrected chi connectivity index (χ1v) is 6.04. The highest BCUT2D eigenvalue weighted by atomic mass is 16.2. The van der Waals surface area contributed by atoms with Crippen LogP contribution in [0.4, 0.5) is 4.79 Å². The Morgan fingerprint density at radius 2 is 2.27 bits per heavy atom. The topological polar surface area (TPSA) is 44.4 Å². The highest BCUT2D eigenvalue weighted by molar-refractivity contribution is 5.74. The van der Waals surface area contributed by atoms with E-state index in [-0.39, 0.29) is 6.03 Å². The smallest absolute Gasteiger partial charge is 0.317 e. The number of urea groups is 1. The fourth-order valence-electron chi connectivity index (χ4n) is 1.93. The van der Waals surface area contributed by atoms with E-state index in [9.17, 15) is 4.79 Å². The average molecular weight is 213 g/mol. The van der Waals surface area contributed by atoms with Crippen molar-refractivity contribution in [3.63, 3.8) is 0 Å². The van der Waals surface area contributed by atoms with Crippen LogP contribution in [0.1, 0.15) is 33.1 Å². The Balaban J connectivity index is 2.43. The number of hydrogen-bond donors (Lipinski definition) is 2. The van der Waals surface area contributed by atoms with Crippen LogP contribution < -0.4 is 10.6 Å². The van der Waals surface area contributed by atoms with Gasteiger partial charge >= 0.3 is 6.03 Å². The molecule has 1 heterocycles. The van der Waals surface area contributed by atoms with Gasteiger partial charge in [-0.2, -0.15) is 0 Å². The van der Waals surface area contributed by atoms with Crippen molar-refractivity contribution in [1.29, 1.82) is 0 Å². The van der Waals surface area contributed by atoms with Crippen LogP contribution in [-0.4, -0.2) is 43.2 Å². The molecule has 1 atom stereocenters. The molecule has 0 spiro atoms. The average Bonchev–Trinajstić information content (AvgIpc) is 2.75. The molecule has 1 unspecified atom stereocenters. The zero-order valence-electron chi connectivity index (χ0n) is 9.88. The summed E-state index contributed by atoms with van der Waals surface area (Å²) in [4.78, 5) is 13.8. The van der Waals surface area contributed by atoms with Crippen LogP contribution in [0.3, 0.4) is 0 Å². The third kappa shape index (κ3) is 3.70. The second kappa shape index (κ2) is 6.67. The molecule has 0 aromatic heterocycles. The number of hydrogen-bond acceptors (Lipinski definition) is 2. The molecule has 0 aliphatic carbocycles. The zero-order valence-corrected chi connectivity index (χ0v) is 9.88. The first-order valence-electron chi connectivity index (χ1n) is 6.04. The van der Waals surface area contributed by atoms with E-state index in [1.54, 1.807) is 0 Å². The Labute approximate surface area is 92.4 Å². The molecule has 4 nitrogen and oxygen atoms in total. The minimum absolute atomic E-state index is 0.104. The van der Waals surface area contributed by atoms with Crippen LogP contribution in [0.2, 0.25) is 0 Å². The number of nitrogens with zero attached hydrogens (tertiary/aromatic N) is 1. The molecule has 1 aliphatic rings. The Bertz CT molecular complexity index is 190. The molecule has 1 aliphatic heterocycles. The van der Waals surface area contributed by atoms with Gasteiger partial charge in [-0.3, -0.25) is 0 Å². The lowest BCUT2D eigenvalue weighted by atomic mass is 10.2. The normalized spacial score (nSPS) is 20.3. The Hall–Kier alpha value is -0.770. The van der Waals surface area contributed by atoms with Gasteiger partial charge in [-0.1, -0.05) is 13.8 Å². The summed E-state index contributed by atoms with van der Waals surface area (Å²) in [7, 11) is 0. The lowest BCUT2D eigenvalue weighted by Gasteiger charge is -2.28. The Morgan fingerprint density at radius 3 is 2.80 bits per heavy atom. The van der Waals surface area contributed by atoms with E-state index in [4.69, 9.17) is 0 Å². The molecule has 0 bridgehead atoms. The van der Waals surface area contributed by atoms with Gasteiger partial charge in [-0.25, -0.2) is 4.79 Å². The number of rotatable bonds is 5. The third-order valence-corrected chi connectivity index (χ3v) is 2.73. The molecule has 0 aromatic carbocycles. The van der Waals surface area contributed by atoms with Crippen molar-refractivity contribution in [2.45, 2.75) is 39.2 Å². The highest BCUT2D eigenvalue weighted by Crippen LogP contribution is 2.09. The molecule has 4 heteroatoms. The molecule has 88 valence electrons. The minimum Gasteiger partial charge on any atom is -0.338 e. The van der Waals surface area contributed by atoms with E-state index in [0.717, 1.165) is 45.4 Å². The van der Waals surface area contributed by atoms with E-state index in [2.05, 4.69) is 24.5 Å². The van der Waals surface area contributed by atoms with Gasteiger partial charge < -0.3 is 15.5 Å². The minimum atomic E-state index is 0.104. The van der Waals surface area contributed by atoms with Crippen LogP contribution in [0, 0.1) is 0 Å². The maximum atomic E-state index is 11.9. The predicted molar refractivity (Wildman–Crippen MR) is 62.0 cm³/mol. The van der Waals surface area contributed by atoms with Gasteiger partial charge in [0.15, 0.2) is 0 Å². The molecular weight excluding hydrogens is 190 g/mol. The molecule has 0 radical (unpaired) electrons. The Kier molecular flexibility index (Phi) is 5.47. The number of amides is 2. The zero-order chi connectivity index (χ0) is 11.1. The van der Waals surface area contributed by atoms with E-state index < -0.39 is 0 Å². The van der Waals surface area contributed by atoms with Crippen molar-refractivity contribution in [2.24, 2.45) is 0 Å². The summed E-state index contributed by atoms with van der Waals surface area (Å²) >= 11 is 0. The summed E-state index contributed by atoms with van der Waals surface area (Å²) in [5.74, 6) is 0. The molecule has 2 amide bonds. The fraction of sp³-hybridized carbons (Fsp3) is 0.909. The second-order valence-electron chi connectivity index (χ2n) is 4.07. The van der Waals surface area contributed by atoms with Crippen molar-refractivity contribution in [3.05, 3.63) is 0 Å². The third-order valence-electron chi connectivity index (χ3n) is 2.73. The van der Waals surface area contributed by atoms with Crippen LogP contribution in [0.5, 0.6) is 0 Å².